The van der Waals surface area contributed by atoms with Crippen molar-refractivity contribution >= 4 is 45.6 Å². The summed E-state index contributed by atoms with van der Waals surface area (Å²) >= 11 is 0. The number of fused-ring (bicyclic) bond motifs is 4. The third-order valence-electron chi connectivity index (χ3n) is 7.57. The first-order valence-electron chi connectivity index (χ1n) is 13.2. The van der Waals surface area contributed by atoms with Gasteiger partial charge < -0.3 is 0 Å². The Kier molecular flexibility index (Phi) is 5.14. The number of rotatable bonds is 4. The predicted octanol–water partition coefficient (Wildman–Crippen LogP) is 7.86. The second-order valence-electron chi connectivity index (χ2n) is 9.86. The molecule has 1 heterocycles. The van der Waals surface area contributed by atoms with Crippen molar-refractivity contribution < 1.29 is 0 Å². The smallest absolute Gasteiger partial charge is 0.0979 e. The monoisotopic (exact) mass is 514 g/mol. The Balaban J connectivity index is 1.37. The van der Waals surface area contributed by atoms with Crippen LogP contribution in [0.15, 0.2) is 140 Å². The molecule has 0 amide bonds. The SMILES string of the molecule is c1ccc(-c2cccc(P(c3ccccc3)c3ccc4c5c(cccc35)-c3nc5ccccc5nc3-4)c2)cc1. The van der Waals surface area contributed by atoms with Gasteiger partial charge in [-0.3, -0.25) is 0 Å². The second-order valence-corrected chi connectivity index (χ2v) is 12.0. The van der Waals surface area contributed by atoms with Crippen LogP contribution >= 0.6 is 7.92 Å². The minimum Gasteiger partial charge on any atom is -0.244 e. The van der Waals surface area contributed by atoms with Crippen LogP contribution in [0.1, 0.15) is 0 Å². The van der Waals surface area contributed by atoms with Crippen molar-refractivity contribution in [3.05, 3.63) is 140 Å². The third-order valence-corrected chi connectivity index (χ3v) is 10.0. The molecule has 0 radical (unpaired) electrons. The van der Waals surface area contributed by atoms with Gasteiger partial charge in [0.25, 0.3) is 0 Å². The largest absolute Gasteiger partial charge is 0.244 e. The highest BCUT2D eigenvalue weighted by Gasteiger charge is 2.28. The van der Waals surface area contributed by atoms with E-state index in [1.165, 1.54) is 48.9 Å². The van der Waals surface area contributed by atoms with Gasteiger partial charge >= 0.3 is 0 Å². The van der Waals surface area contributed by atoms with Crippen molar-refractivity contribution in [1.29, 1.82) is 0 Å². The number of para-hydroxylation sites is 2. The van der Waals surface area contributed by atoms with Crippen molar-refractivity contribution in [3.8, 4) is 33.6 Å². The molecule has 0 fully saturated rings. The highest BCUT2D eigenvalue weighted by Crippen LogP contribution is 2.47. The third kappa shape index (κ3) is 3.61. The topological polar surface area (TPSA) is 25.8 Å². The molecule has 1 atom stereocenters. The first kappa shape index (κ1) is 22.3. The lowest BCUT2D eigenvalue weighted by Gasteiger charge is -2.22. The van der Waals surface area contributed by atoms with E-state index in [1.807, 2.05) is 24.3 Å². The molecule has 6 aromatic carbocycles. The molecule has 1 aromatic heterocycles. The molecule has 7 aromatic rings. The van der Waals surface area contributed by atoms with Crippen LogP contribution in [0, 0.1) is 0 Å². The lowest BCUT2D eigenvalue weighted by Crippen LogP contribution is -2.21. The summed E-state index contributed by atoms with van der Waals surface area (Å²) in [4.78, 5) is 10.1. The van der Waals surface area contributed by atoms with Gasteiger partial charge in [-0.2, -0.15) is 0 Å². The minimum absolute atomic E-state index is 0.797. The van der Waals surface area contributed by atoms with Crippen LogP contribution in [0.2, 0.25) is 0 Å². The van der Waals surface area contributed by atoms with Crippen molar-refractivity contribution in [2.75, 3.05) is 0 Å². The van der Waals surface area contributed by atoms with Gasteiger partial charge in [-0.15, -0.1) is 0 Å². The van der Waals surface area contributed by atoms with Crippen molar-refractivity contribution in [2.24, 2.45) is 0 Å². The molecule has 0 aliphatic heterocycles. The molecule has 0 N–H and O–H groups in total. The summed E-state index contributed by atoms with van der Waals surface area (Å²) in [6.07, 6.45) is 0. The van der Waals surface area contributed by atoms with Crippen molar-refractivity contribution in [3.63, 3.8) is 0 Å². The molecule has 182 valence electrons. The highest BCUT2D eigenvalue weighted by molar-refractivity contribution is 7.80. The zero-order valence-electron chi connectivity index (χ0n) is 21.1. The second kappa shape index (κ2) is 8.98. The van der Waals surface area contributed by atoms with Crippen LogP contribution in [0.5, 0.6) is 0 Å². The van der Waals surface area contributed by atoms with Crippen LogP contribution in [0.3, 0.4) is 0 Å². The lowest BCUT2D eigenvalue weighted by atomic mass is 10.0. The molecule has 1 unspecified atom stereocenters. The normalized spacial score (nSPS) is 12.5. The molecular weight excluding hydrogens is 491 g/mol. The zero-order valence-corrected chi connectivity index (χ0v) is 22.0. The quantitative estimate of drug-likeness (QED) is 0.224. The fraction of sp³-hybridized carbons (Fsp3) is 0. The first-order chi connectivity index (χ1) is 19.3. The summed E-state index contributed by atoms with van der Waals surface area (Å²) in [5, 5.41) is 6.60. The Hall–Kier alpha value is -4.65. The summed E-state index contributed by atoms with van der Waals surface area (Å²) in [7, 11) is -0.797. The Labute approximate surface area is 228 Å². The van der Waals surface area contributed by atoms with E-state index in [2.05, 4.69) is 115 Å². The number of aromatic nitrogens is 2. The average molecular weight is 515 g/mol. The molecule has 0 saturated carbocycles. The van der Waals surface area contributed by atoms with Gasteiger partial charge in [-0.1, -0.05) is 121 Å². The summed E-state index contributed by atoms with van der Waals surface area (Å²) in [6.45, 7) is 0. The minimum atomic E-state index is -0.797. The summed E-state index contributed by atoms with van der Waals surface area (Å²) in [5.74, 6) is 0. The van der Waals surface area contributed by atoms with E-state index in [0.717, 1.165) is 22.4 Å². The number of nitrogens with zero attached hydrogens (tertiary/aromatic N) is 2. The molecule has 1 aliphatic carbocycles. The van der Waals surface area contributed by atoms with E-state index < -0.39 is 7.92 Å². The molecule has 1 aliphatic rings. The highest BCUT2D eigenvalue weighted by atomic mass is 31.1. The number of hydrogen-bond donors (Lipinski definition) is 0. The summed E-state index contributed by atoms with van der Waals surface area (Å²) in [5.41, 5.74) is 8.69. The molecule has 0 bridgehead atoms. The summed E-state index contributed by atoms with van der Waals surface area (Å²) < 4.78 is 0. The van der Waals surface area contributed by atoms with Gasteiger partial charge in [-0.25, -0.2) is 9.97 Å². The summed E-state index contributed by atoms with van der Waals surface area (Å²) in [6, 6.07) is 50.1. The standard InChI is InChI=1S/C36H23N2P/c1-3-11-24(12-4-1)25-13-9-16-27(23-25)39(26-14-5-2-6-15-26)33-22-21-30-34-28(33)17-10-18-29(34)35-36(30)38-32-20-8-7-19-31(32)37-35/h1-23H. The van der Waals surface area contributed by atoms with Gasteiger partial charge in [0.15, 0.2) is 0 Å². The van der Waals surface area contributed by atoms with Crippen LogP contribution < -0.4 is 15.9 Å². The lowest BCUT2D eigenvalue weighted by molar-refractivity contribution is 1.32. The van der Waals surface area contributed by atoms with Crippen molar-refractivity contribution in [1.82, 2.24) is 9.97 Å². The van der Waals surface area contributed by atoms with E-state index in [1.54, 1.807) is 0 Å². The van der Waals surface area contributed by atoms with E-state index in [4.69, 9.17) is 9.97 Å². The van der Waals surface area contributed by atoms with Crippen LogP contribution in [-0.2, 0) is 0 Å². The molecule has 8 rings (SSSR count). The Morgan fingerprint density at radius 2 is 1.03 bits per heavy atom. The number of benzene rings is 6. The Bertz CT molecular complexity index is 1970. The van der Waals surface area contributed by atoms with Crippen LogP contribution in [0.4, 0.5) is 0 Å². The van der Waals surface area contributed by atoms with E-state index in [0.29, 0.717) is 0 Å². The van der Waals surface area contributed by atoms with E-state index in [-0.39, 0.29) is 0 Å². The molecule has 39 heavy (non-hydrogen) atoms. The molecule has 2 nitrogen and oxygen atoms in total. The average Bonchev–Trinajstić information content (AvgIpc) is 3.32. The van der Waals surface area contributed by atoms with Crippen molar-refractivity contribution in [2.45, 2.75) is 0 Å². The maximum Gasteiger partial charge on any atom is 0.0979 e. The number of hydrogen-bond acceptors (Lipinski definition) is 2. The van der Waals surface area contributed by atoms with E-state index >= 15 is 0 Å². The Morgan fingerprint density at radius 3 is 1.77 bits per heavy atom. The molecular formula is C36H23N2P. The predicted molar refractivity (Wildman–Crippen MR) is 166 cm³/mol. The fourth-order valence-electron chi connectivity index (χ4n) is 5.82. The van der Waals surface area contributed by atoms with E-state index in [9.17, 15) is 0 Å². The maximum absolute atomic E-state index is 5.07. The first-order valence-corrected chi connectivity index (χ1v) is 14.5. The fourth-order valence-corrected chi connectivity index (χ4v) is 8.30. The molecule has 0 saturated heterocycles. The van der Waals surface area contributed by atoms with Crippen LogP contribution in [0.25, 0.3) is 55.4 Å². The Morgan fingerprint density at radius 1 is 0.436 bits per heavy atom. The van der Waals surface area contributed by atoms with Crippen LogP contribution in [-0.4, -0.2) is 9.97 Å². The molecule has 0 spiro atoms. The van der Waals surface area contributed by atoms with Gasteiger partial charge in [0.1, 0.15) is 0 Å². The van der Waals surface area contributed by atoms with Gasteiger partial charge in [0.05, 0.1) is 22.4 Å². The van der Waals surface area contributed by atoms with Gasteiger partial charge in [-0.05, 0) is 58.5 Å². The van der Waals surface area contributed by atoms with Gasteiger partial charge in [0.2, 0.25) is 0 Å². The zero-order chi connectivity index (χ0) is 25.8. The molecule has 3 heteroatoms. The van der Waals surface area contributed by atoms with Gasteiger partial charge in [0, 0.05) is 16.5 Å². The maximum atomic E-state index is 5.07.